The molecule has 0 spiro atoms. The smallest absolute Gasteiger partial charge is 0.421 e. The van der Waals surface area contributed by atoms with E-state index in [-0.39, 0.29) is 12.6 Å². The Kier molecular flexibility index (Phi) is 5.27. The Bertz CT molecular complexity index is 888. The lowest BCUT2D eigenvalue weighted by molar-refractivity contribution is -0.137. The fourth-order valence-corrected chi connectivity index (χ4v) is 2.35. The molecule has 1 heterocycles. The zero-order valence-electron chi connectivity index (χ0n) is 13.3. The maximum absolute atomic E-state index is 13.2. The molecule has 26 heavy (non-hydrogen) atoms. The van der Waals surface area contributed by atoms with Gasteiger partial charge in [0.1, 0.15) is 18.0 Å². The van der Waals surface area contributed by atoms with Crippen LogP contribution in [0.25, 0.3) is 0 Å². The van der Waals surface area contributed by atoms with Gasteiger partial charge in [-0.1, -0.05) is 48.0 Å². The summed E-state index contributed by atoms with van der Waals surface area (Å²) in [4.78, 5) is 7.53. The van der Waals surface area contributed by atoms with Crippen molar-refractivity contribution < 1.29 is 17.9 Å². The molecule has 0 fully saturated rings. The number of aromatic nitrogens is 2. The highest BCUT2D eigenvalue weighted by Gasteiger charge is 2.35. The normalized spacial score (nSPS) is 11.2. The molecule has 134 valence electrons. The molecule has 8 heteroatoms. The topological polar surface area (TPSA) is 47.0 Å². The highest BCUT2D eigenvalue weighted by molar-refractivity contribution is 6.30. The van der Waals surface area contributed by atoms with Crippen molar-refractivity contribution in [3.63, 3.8) is 0 Å². The lowest BCUT2D eigenvalue weighted by Gasteiger charge is -2.14. The van der Waals surface area contributed by atoms with E-state index in [2.05, 4.69) is 15.3 Å². The summed E-state index contributed by atoms with van der Waals surface area (Å²) in [5.41, 5.74) is 0.223. The molecule has 0 amide bonds. The van der Waals surface area contributed by atoms with Crippen molar-refractivity contribution in [1.82, 2.24) is 9.97 Å². The van der Waals surface area contributed by atoms with Crippen molar-refractivity contribution in [2.75, 3.05) is 5.32 Å². The fraction of sp³-hybridized carbons (Fsp3) is 0.111. The second-order valence-electron chi connectivity index (χ2n) is 5.32. The van der Waals surface area contributed by atoms with E-state index < -0.39 is 17.6 Å². The molecule has 0 saturated heterocycles. The van der Waals surface area contributed by atoms with Crippen molar-refractivity contribution in [2.24, 2.45) is 0 Å². The van der Waals surface area contributed by atoms with Crippen molar-refractivity contribution in [2.45, 2.75) is 12.8 Å². The first-order valence-electron chi connectivity index (χ1n) is 7.55. The van der Waals surface area contributed by atoms with Crippen LogP contribution in [0.4, 0.5) is 24.7 Å². The van der Waals surface area contributed by atoms with Gasteiger partial charge in [0, 0.05) is 16.9 Å². The van der Waals surface area contributed by atoms with Gasteiger partial charge in [-0.15, -0.1) is 0 Å². The Hall–Kier alpha value is -2.80. The molecule has 3 rings (SSSR count). The molecule has 1 aromatic heterocycles. The predicted molar refractivity (Wildman–Crippen MR) is 92.5 cm³/mol. The van der Waals surface area contributed by atoms with Crippen molar-refractivity contribution in [3.8, 4) is 6.01 Å². The molecule has 0 aliphatic rings. The van der Waals surface area contributed by atoms with Gasteiger partial charge >= 0.3 is 12.2 Å². The van der Waals surface area contributed by atoms with Crippen LogP contribution in [0, 0.1) is 0 Å². The van der Waals surface area contributed by atoms with E-state index in [0.717, 1.165) is 5.56 Å². The molecule has 0 radical (unpaired) electrons. The molecule has 0 aliphatic heterocycles. The van der Waals surface area contributed by atoms with Crippen LogP contribution >= 0.6 is 11.6 Å². The van der Waals surface area contributed by atoms with Crippen LogP contribution in [0.15, 0.2) is 60.8 Å². The van der Waals surface area contributed by atoms with Crippen LogP contribution in [-0.4, -0.2) is 9.97 Å². The minimum Gasteiger partial charge on any atom is -0.459 e. The van der Waals surface area contributed by atoms with Gasteiger partial charge in [0.2, 0.25) is 0 Å². The first kappa shape index (κ1) is 18.0. The number of halogens is 4. The third kappa shape index (κ3) is 4.64. The zero-order chi connectivity index (χ0) is 18.6. The molecule has 0 unspecified atom stereocenters. The summed E-state index contributed by atoms with van der Waals surface area (Å²) in [6.45, 7) is 0.142. The van der Waals surface area contributed by atoms with E-state index in [1.54, 1.807) is 18.2 Å². The molecule has 0 bridgehead atoms. The second kappa shape index (κ2) is 7.61. The second-order valence-corrected chi connectivity index (χ2v) is 5.76. The maximum atomic E-state index is 13.2. The number of hydrogen-bond acceptors (Lipinski definition) is 4. The summed E-state index contributed by atoms with van der Waals surface area (Å²) in [7, 11) is 0. The first-order valence-corrected chi connectivity index (χ1v) is 7.93. The molecule has 3 aromatic rings. The van der Waals surface area contributed by atoms with Gasteiger partial charge in [-0.2, -0.15) is 18.2 Å². The highest BCUT2D eigenvalue weighted by Crippen LogP contribution is 2.35. The maximum Gasteiger partial charge on any atom is 0.421 e. The number of rotatable bonds is 5. The number of anilines is 2. The largest absolute Gasteiger partial charge is 0.459 e. The third-order valence-electron chi connectivity index (χ3n) is 3.37. The van der Waals surface area contributed by atoms with Crippen LogP contribution in [0.5, 0.6) is 6.01 Å². The summed E-state index contributed by atoms with van der Waals surface area (Å²) in [6, 6.07) is 15.3. The van der Waals surface area contributed by atoms with Crippen molar-refractivity contribution in [3.05, 3.63) is 76.9 Å². The van der Waals surface area contributed by atoms with Gasteiger partial charge < -0.3 is 10.1 Å². The van der Waals surface area contributed by atoms with Crippen molar-refractivity contribution in [1.29, 1.82) is 0 Å². The molecule has 0 atom stereocenters. The molecule has 0 aliphatic carbocycles. The lowest BCUT2D eigenvalue weighted by atomic mass is 10.2. The molecular formula is C18H13ClF3N3O. The summed E-state index contributed by atoms with van der Waals surface area (Å²) >= 11 is 5.87. The zero-order valence-corrected chi connectivity index (χ0v) is 14.1. The monoisotopic (exact) mass is 379 g/mol. The van der Waals surface area contributed by atoms with Crippen LogP contribution in [-0.2, 0) is 12.8 Å². The van der Waals surface area contributed by atoms with Crippen LogP contribution in [0.1, 0.15) is 11.1 Å². The van der Waals surface area contributed by atoms with Gasteiger partial charge in [-0.25, -0.2) is 4.98 Å². The molecular weight excluding hydrogens is 367 g/mol. The number of ether oxygens (including phenoxy) is 1. The van der Waals surface area contributed by atoms with Gasteiger partial charge in [0.15, 0.2) is 0 Å². The van der Waals surface area contributed by atoms with E-state index in [4.69, 9.17) is 16.3 Å². The Balaban J connectivity index is 1.86. The van der Waals surface area contributed by atoms with Crippen LogP contribution in [0.2, 0.25) is 5.02 Å². The first-order chi connectivity index (χ1) is 12.4. The molecule has 4 nitrogen and oxygen atoms in total. The molecule has 0 saturated carbocycles. The number of nitrogens with one attached hydrogen (secondary N) is 1. The molecule has 2 aromatic carbocycles. The summed E-state index contributed by atoms with van der Waals surface area (Å²) in [6.07, 6.45) is -3.92. The summed E-state index contributed by atoms with van der Waals surface area (Å²) in [5.74, 6) is -0.405. The average Bonchev–Trinajstić information content (AvgIpc) is 2.60. The van der Waals surface area contributed by atoms with E-state index in [0.29, 0.717) is 16.9 Å². The average molecular weight is 380 g/mol. The Labute approximate surface area is 152 Å². The van der Waals surface area contributed by atoms with Gasteiger partial charge in [-0.05, 0) is 23.8 Å². The van der Waals surface area contributed by atoms with E-state index >= 15 is 0 Å². The van der Waals surface area contributed by atoms with Gasteiger partial charge in [0.05, 0.1) is 0 Å². The number of nitrogens with zero attached hydrogens (tertiary/aromatic N) is 2. The van der Waals surface area contributed by atoms with Crippen LogP contribution < -0.4 is 10.1 Å². The Morgan fingerprint density at radius 3 is 2.50 bits per heavy atom. The predicted octanol–water partition coefficient (Wildman–Crippen LogP) is 5.47. The Morgan fingerprint density at radius 1 is 1.04 bits per heavy atom. The summed E-state index contributed by atoms with van der Waals surface area (Å²) in [5, 5.41) is 3.01. The third-order valence-corrected chi connectivity index (χ3v) is 3.61. The highest BCUT2D eigenvalue weighted by atomic mass is 35.5. The van der Waals surface area contributed by atoms with E-state index in [9.17, 15) is 13.2 Å². The van der Waals surface area contributed by atoms with Gasteiger partial charge in [0.25, 0.3) is 0 Å². The Morgan fingerprint density at radius 2 is 1.81 bits per heavy atom. The van der Waals surface area contributed by atoms with E-state index in [1.165, 1.54) is 6.07 Å². The minimum absolute atomic E-state index is 0.142. The number of hydrogen-bond donors (Lipinski definition) is 1. The van der Waals surface area contributed by atoms with Crippen molar-refractivity contribution >= 4 is 23.1 Å². The number of alkyl halides is 3. The van der Waals surface area contributed by atoms with E-state index in [1.807, 2.05) is 30.3 Å². The summed E-state index contributed by atoms with van der Waals surface area (Å²) < 4.78 is 45.1. The number of benzene rings is 2. The lowest BCUT2D eigenvalue weighted by Crippen LogP contribution is -2.12. The minimum atomic E-state index is -4.61. The quantitative estimate of drug-likeness (QED) is 0.638. The fourth-order valence-electron chi connectivity index (χ4n) is 2.16. The SMILES string of the molecule is FC(F)(F)c1cnc(OCc2ccccc2)nc1Nc1cccc(Cl)c1. The van der Waals surface area contributed by atoms with Crippen LogP contribution in [0.3, 0.4) is 0 Å². The van der Waals surface area contributed by atoms with Gasteiger partial charge in [-0.3, -0.25) is 0 Å². The standard InChI is InChI=1S/C18H13ClF3N3O/c19-13-7-4-8-14(9-13)24-16-15(18(20,21)22)10-23-17(25-16)26-11-12-5-2-1-3-6-12/h1-10H,11H2,(H,23,24,25). The molecule has 1 N–H and O–H groups in total.